The minimum atomic E-state index is 0.550. The predicted octanol–water partition coefficient (Wildman–Crippen LogP) is 3.55. The highest BCUT2D eigenvalue weighted by atomic mass is 15.0. The van der Waals surface area contributed by atoms with Crippen molar-refractivity contribution in [2.45, 2.75) is 46.2 Å². The molecule has 3 unspecified atom stereocenters. The van der Waals surface area contributed by atoms with Crippen LogP contribution in [0.5, 0.6) is 0 Å². The van der Waals surface area contributed by atoms with E-state index in [-0.39, 0.29) is 0 Å². The minimum absolute atomic E-state index is 0.550. The van der Waals surface area contributed by atoms with Crippen molar-refractivity contribution in [1.82, 2.24) is 5.32 Å². The number of benzene rings is 1. The second kappa shape index (κ2) is 4.58. The molecule has 0 bridgehead atoms. The molecule has 0 saturated heterocycles. The smallest absolute Gasteiger partial charge is 0.0354 e. The van der Waals surface area contributed by atoms with Crippen LogP contribution in [0.3, 0.4) is 0 Å². The highest BCUT2D eigenvalue weighted by molar-refractivity contribution is 5.35. The van der Waals surface area contributed by atoms with Crippen molar-refractivity contribution in [1.29, 1.82) is 0 Å². The number of hydrogen-bond donors (Lipinski definition) is 1. The first-order valence-corrected chi connectivity index (χ1v) is 6.43. The second-order valence-electron chi connectivity index (χ2n) is 5.56. The Hall–Kier alpha value is -0.820. The van der Waals surface area contributed by atoms with E-state index in [0.29, 0.717) is 18.0 Å². The highest BCUT2D eigenvalue weighted by Crippen LogP contribution is 2.36. The third kappa shape index (κ3) is 2.15. The van der Waals surface area contributed by atoms with Gasteiger partial charge in [-0.25, -0.2) is 0 Å². The maximum Gasteiger partial charge on any atom is 0.0354 e. The molecule has 0 saturated carbocycles. The lowest BCUT2D eigenvalue weighted by Gasteiger charge is -2.26. The van der Waals surface area contributed by atoms with E-state index in [4.69, 9.17) is 0 Å². The van der Waals surface area contributed by atoms with E-state index in [2.05, 4.69) is 57.3 Å². The molecule has 0 amide bonds. The first-order valence-electron chi connectivity index (χ1n) is 6.43. The van der Waals surface area contributed by atoms with Gasteiger partial charge in [0.1, 0.15) is 0 Å². The summed E-state index contributed by atoms with van der Waals surface area (Å²) in [5, 5.41) is 3.78. The van der Waals surface area contributed by atoms with E-state index < -0.39 is 0 Å². The van der Waals surface area contributed by atoms with Crippen LogP contribution in [0, 0.1) is 11.8 Å². The van der Waals surface area contributed by atoms with E-state index in [1.165, 1.54) is 17.5 Å². The SMILES string of the molecule is CC(C)C(C)NC1c2ccccc2CC1C. The summed E-state index contributed by atoms with van der Waals surface area (Å²) in [6.07, 6.45) is 1.22. The fraction of sp³-hybridized carbons (Fsp3) is 0.600. The van der Waals surface area contributed by atoms with Gasteiger partial charge in [-0.2, -0.15) is 0 Å². The molecule has 1 heteroatoms. The van der Waals surface area contributed by atoms with E-state index in [1.54, 1.807) is 0 Å². The quantitative estimate of drug-likeness (QED) is 0.816. The standard InChI is InChI=1S/C15H23N/c1-10(2)12(4)16-15-11(3)9-13-7-5-6-8-14(13)15/h5-8,10-12,15-16H,9H2,1-4H3. The first kappa shape index (κ1) is 11.7. The molecule has 1 aromatic carbocycles. The van der Waals surface area contributed by atoms with Crippen LogP contribution in [0.15, 0.2) is 24.3 Å². The predicted molar refractivity (Wildman–Crippen MR) is 69.5 cm³/mol. The summed E-state index contributed by atoms with van der Waals surface area (Å²) in [7, 11) is 0. The van der Waals surface area contributed by atoms with Crippen molar-refractivity contribution in [2.75, 3.05) is 0 Å². The Morgan fingerprint density at radius 3 is 2.56 bits per heavy atom. The summed E-state index contributed by atoms with van der Waals surface area (Å²) in [6, 6.07) is 10.00. The van der Waals surface area contributed by atoms with Crippen LogP contribution in [-0.4, -0.2) is 6.04 Å². The Morgan fingerprint density at radius 1 is 1.19 bits per heavy atom. The van der Waals surface area contributed by atoms with Crippen LogP contribution in [-0.2, 0) is 6.42 Å². The van der Waals surface area contributed by atoms with Crippen LogP contribution < -0.4 is 5.32 Å². The van der Waals surface area contributed by atoms with Gasteiger partial charge in [-0.1, -0.05) is 45.0 Å². The fourth-order valence-corrected chi connectivity index (χ4v) is 2.52. The summed E-state index contributed by atoms with van der Waals surface area (Å²) in [4.78, 5) is 0. The average Bonchev–Trinajstić information content (AvgIpc) is 2.55. The van der Waals surface area contributed by atoms with Gasteiger partial charge >= 0.3 is 0 Å². The summed E-state index contributed by atoms with van der Waals surface area (Å²) >= 11 is 0. The van der Waals surface area contributed by atoms with E-state index in [1.807, 2.05) is 0 Å². The molecule has 2 rings (SSSR count). The van der Waals surface area contributed by atoms with E-state index in [0.717, 1.165) is 5.92 Å². The summed E-state index contributed by atoms with van der Waals surface area (Å²) in [5.41, 5.74) is 3.05. The van der Waals surface area contributed by atoms with Crippen molar-refractivity contribution in [3.63, 3.8) is 0 Å². The van der Waals surface area contributed by atoms with Crippen molar-refractivity contribution >= 4 is 0 Å². The van der Waals surface area contributed by atoms with Crippen molar-refractivity contribution in [2.24, 2.45) is 11.8 Å². The molecule has 0 aromatic heterocycles. The van der Waals surface area contributed by atoms with Gasteiger partial charge in [-0.05, 0) is 36.3 Å². The maximum absolute atomic E-state index is 3.78. The molecule has 0 spiro atoms. The summed E-state index contributed by atoms with van der Waals surface area (Å²) < 4.78 is 0. The normalized spacial score (nSPS) is 25.8. The molecular weight excluding hydrogens is 194 g/mol. The van der Waals surface area contributed by atoms with Gasteiger partial charge in [-0.15, -0.1) is 0 Å². The Kier molecular flexibility index (Phi) is 3.34. The lowest BCUT2D eigenvalue weighted by Crippen LogP contribution is -2.35. The van der Waals surface area contributed by atoms with Crippen LogP contribution in [0.4, 0.5) is 0 Å². The van der Waals surface area contributed by atoms with Gasteiger partial charge in [0.25, 0.3) is 0 Å². The van der Waals surface area contributed by atoms with Crippen LogP contribution in [0.2, 0.25) is 0 Å². The Morgan fingerprint density at radius 2 is 1.88 bits per heavy atom. The number of nitrogens with one attached hydrogen (secondary N) is 1. The van der Waals surface area contributed by atoms with Gasteiger partial charge in [-0.3, -0.25) is 0 Å². The molecule has 0 fully saturated rings. The topological polar surface area (TPSA) is 12.0 Å². The molecule has 3 atom stereocenters. The molecular formula is C15H23N. The van der Waals surface area contributed by atoms with Gasteiger partial charge in [0, 0.05) is 12.1 Å². The molecule has 88 valence electrons. The monoisotopic (exact) mass is 217 g/mol. The second-order valence-corrected chi connectivity index (χ2v) is 5.56. The number of hydrogen-bond acceptors (Lipinski definition) is 1. The molecule has 1 nitrogen and oxygen atoms in total. The fourth-order valence-electron chi connectivity index (χ4n) is 2.52. The zero-order chi connectivity index (χ0) is 11.7. The van der Waals surface area contributed by atoms with Crippen LogP contribution >= 0.6 is 0 Å². The largest absolute Gasteiger partial charge is 0.307 e. The third-order valence-electron chi connectivity index (χ3n) is 3.94. The van der Waals surface area contributed by atoms with Crippen molar-refractivity contribution in [3.8, 4) is 0 Å². The molecule has 0 aliphatic heterocycles. The molecule has 1 aromatic rings. The lowest BCUT2D eigenvalue weighted by atomic mass is 9.99. The molecule has 16 heavy (non-hydrogen) atoms. The van der Waals surface area contributed by atoms with Crippen molar-refractivity contribution < 1.29 is 0 Å². The Bertz CT molecular complexity index is 356. The minimum Gasteiger partial charge on any atom is -0.307 e. The van der Waals surface area contributed by atoms with Crippen LogP contribution in [0.25, 0.3) is 0 Å². The van der Waals surface area contributed by atoms with Gasteiger partial charge in [0.05, 0.1) is 0 Å². The maximum atomic E-state index is 3.78. The Labute approximate surface area is 99.3 Å². The molecule has 1 N–H and O–H groups in total. The molecule has 0 radical (unpaired) electrons. The third-order valence-corrected chi connectivity index (χ3v) is 3.94. The lowest BCUT2D eigenvalue weighted by molar-refractivity contribution is 0.328. The molecule has 0 heterocycles. The summed E-state index contributed by atoms with van der Waals surface area (Å²) in [5.74, 6) is 1.42. The highest BCUT2D eigenvalue weighted by Gasteiger charge is 2.29. The summed E-state index contributed by atoms with van der Waals surface area (Å²) in [6.45, 7) is 9.20. The van der Waals surface area contributed by atoms with E-state index in [9.17, 15) is 0 Å². The van der Waals surface area contributed by atoms with Gasteiger partial charge < -0.3 is 5.32 Å². The van der Waals surface area contributed by atoms with Gasteiger partial charge in [0.15, 0.2) is 0 Å². The molecule has 1 aliphatic carbocycles. The van der Waals surface area contributed by atoms with E-state index >= 15 is 0 Å². The number of rotatable bonds is 3. The Balaban J connectivity index is 2.16. The molecule has 1 aliphatic rings. The van der Waals surface area contributed by atoms with Gasteiger partial charge in [0.2, 0.25) is 0 Å². The number of fused-ring (bicyclic) bond motifs is 1. The first-order chi connectivity index (χ1) is 7.59. The average molecular weight is 217 g/mol. The van der Waals surface area contributed by atoms with Crippen LogP contribution in [0.1, 0.15) is 44.9 Å². The zero-order valence-electron chi connectivity index (χ0n) is 10.8. The van der Waals surface area contributed by atoms with Crippen molar-refractivity contribution in [3.05, 3.63) is 35.4 Å². The zero-order valence-corrected chi connectivity index (χ0v) is 10.8.